The molecule has 1 amide bonds. The van der Waals surface area contributed by atoms with Crippen molar-refractivity contribution in [2.45, 2.75) is 6.92 Å². The highest BCUT2D eigenvalue weighted by molar-refractivity contribution is 7.18. The molecule has 0 unspecified atom stereocenters. The predicted molar refractivity (Wildman–Crippen MR) is 77.0 cm³/mol. The summed E-state index contributed by atoms with van der Waals surface area (Å²) in [6.07, 6.45) is 0. The Kier molecular flexibility index (Phi) is 4.05. The van der Waals surface area contributed by atoms with Crippen molar-refractivity contribution in [1.29, 1.82) is 0 Å². The molecular formula is C14H13NO4S. The molecule has 0 bridgehead atoms. The number of rotatable bonds is 4. The summed E-state index contributed by atoms with van der Waals surface area (Å²) in [6, 6.07) is 8.32. The highest BCUT2D eigenvalue weighted by Gasteiger charge is 2.14. The molecule has 2 N–H and O–H groups in total. The number of amides is 1. The lowest BCUT2D eigenvalue weighted by molar-refractivity contribution is 0.0701. The molecule has 1 aromatic carbocycles. The molecule has 0 fully saturated rings. The van der Waals surface area contributed by atoms with Gasteiger partial charge in [-0.05, 0) is 42.8 Å². The molecule has 2 aromatic rings. The zero-order valence-corrected chi connectivity index (χ0v) is 11.8. The van der Waals surface area contributed by atoms with Crippen molar-refractivity contribution in [3.63, 3.8) is 0 Å². The van der Waals surface area contributed by atoms with E-state index in [4.69, 9.17) is 9.84 Å². The van der Waals surface area contributed by atoms with E-state index in [0.717, 1.165) is 11.3 Å². The summed E-state index contributed by atoms with van der Waals surface area (Å²) in [6.45, 7) is 1.70. The minimum absolute atomic E-state index is 0.232. The van der Waals surface area contributed by atoms with Gasteiger partial charge in [0.2, 0.25) is 0 Å². The second kappa shape index (κ2) is 5.75. The highest BCUT2D eigenvalue weighted by Crippen LogP contribution is 2.27. The number of aromatic carboxylic acids is 1. The number of anilines is 1. The fourth-order valence-corrected chi connectivity index (χ4v) is 2.59. The molecule has 20 heavy (non-hydrogen) atoms. The van der Waals surface area contributed by atoms with E-state index in [9.17, 15) is 9.59 Å². The zero-order valence-electron chi connectivity index (χ0n) is 11.0. The van der Waals surface area contributed by atoms with E-state index < -0.39 is 5.97 Å². The number of benzene rings is 1. The summed E-state index contributed by atoms with van der Waals surface area (Å²) >= 11 is 1.04. The van der Waals surface area contributed by atoms with Gasteiger partial charge in [0.25, 0.3) is 5.91 Å². The summed E-state index contributed by atoms with van der Waals surface area (Å²) in [5.41, 5.74) is 1.11. The molecule has 0 saturated heterocycles. The lowest BCUT2D eigenvalue weighted by atomic mass is 10.2. The molecule has 104 valence electrons. The van der Waals surface area contributed by atoms with Gasteiger partial charge in [0.1, 0.15) is 10.6 Å². The van der Waals surface area contributed by atoms with Crippen LogP contribution in [-0.4, -0.2) is 24.1 Å². The molecule has 0 aliphatic rings. The van der Waals surface area contributed by atoms with E-state index in [2.05, 4.69) is 5.32 Å². The quantitative estimate of drug-likeness (QED) is 0.908. The summed E-state index contributed by atoms with van der Waals surface area (Å²) < 4.78 is 5.02. The molecule has 0 radical (unpaired) electrons. The highest BCUT2D eigenvalue weighted by atomic mass is 32.1. The Morgan fingerprint density at radius 1 is 1.25 bits per heavy atom. The molecule has 0 atom stereocenters. The van der Waals surface area contributed by atoms with Crippen molar-refractivity contribution < 1.29 is 19.4 Å². The SMILES string of the molecule is COc1ccc(C(=O)Nc2cc(C)c(C(=O)O)s2)cc1. The maximum absolute atomic E-state index is 12.0. The molecule has 0 aliphatic heterocycles. The van der Waals surface area contributed by atoms with E-state index in [0.29, 0.717) is 21.9 Å². The van der Waals surface area contributed by atoms with E-state index in [-0.39, 0.29) is 10.8 Å². The zero-order chi connectivity index (χ0) is 14.7. The molecule has 1 aromatic heterocycles. The summed E-state index contributed by atoms with van der Waals surface area (Å²) in [5.74, 6) is -0.607. The van der Waals surface area contributed by atoms with Crippen molar-refractivity contribution in [1.82, 2.24) is 0 Å². The fourth-order valence-electron chi connectivity index (χ4n) is 1.68. The van der Waals surface area contributed by atoms with Crippen LogP contribution in [0.5, 0.6) is 5.75 Å². The Bertz CT molecular complexity index is 646. The standard InChI is InChI=1S/C14H13NO4S/c1-8-7-11(20-12(8)14(17)18)15-13(16)9-3-5-10(19-2)6-4-9/h3-7H,1-2H3,(H,15,16)(H,17,18). The number of carboxylic acid groups (broad SMARTS) is 1. The van der Waals surface area contributed by atoms with Crippen LogP contribution in [0, 0.1) is 6.92 Å². The lowest BCUT2D eigenvalue weighted by Gasteiger charge is -2.03. The number of thiophene rings is 1. The average molecular weight is 291 g/mol. The van der Waals surface area contributed by atoms with Crippen molar-refractivity contribution in [2.24, 2.45) is 0 Å². The summed E-state index contributed by atoms with van der Waals surface area (Å²) in [5, 5.41) is 12.2. The van der Waals surface area contributed by atoms with Crippen LogP contribution in [0.15, 0.2) is 30.3 Å². The van der Waals surface area contributed by atoms with Crippen molar-refractivity contribution in [3.8, 4) is 5.75 Å². The Balaban J connectivity index is 2.14. The van der Waals surface area contributed by atoms with Crippen molar-refractivity contribution >= 4 is 28.2 Å². The van der Waals surface area contributed by atoms with Gasteiger partial charge in [0.05, 0.1) is 12.1 Å². The largest absolute Gasteiger partial charge is 0.497 e. The van der Waals surface area contributed by atoms with Gasteiger partial charge in [0, 0.05) is 5.56 Å². The van der Waals surface area contributed by atoms with E-state index in [1.54, 1.807) is 44.4 Å². The third kappa shape index (κ3) is 2.97. The number of nitrogens with one attached hydrogen (secondary N) is 1. The fraction of sp³-hybridized carbons (Fsp3) is 0.143. The molecule has 0 aliphatic carbocycles. The third-order valence-electron chi connectivity index (χ3n) is 2.70. The Morgan fingerprint density at radius 3 is 2.40 bits per heavy atom. The van der Waals surface area contributed by atoms with Gasteiger partial charge in [-0.1, -0.05) is 0 Å². The first-order chi connectivity index (χ1) is 9.51. The number of hydrogen-bond acceptors (Lipinski definition) is 4. The Hall–Kier alpha value is -2.34. The van der Waals surface area contributed by atoms with Crippen LogP contribution in [0.1, 0.15) is 25.6 Å². The van der Waals surface area contributed by atoms with Gasteiger partial charge in [-0.3, -0.25) is 4.79 Å². The van der Waals surface area contributed by atoms with Gasteiger partial charge in [-0.25, -0.2) is 4.79 Å². The first kappa shape index (κ1) is 14.1. The smallest absolute Gasteiger partial charge is 0.346 e. The monoisotopic (exact) mass is 291 g/mol. The minimum Gasteiger partial charge on any atom is -0.497 e. The predicted octanol–water partition coefficient (Wildman–Crippen LogP) is 3.02. The van der Waals surface area contributed by atoms with Crippen molar-refractivity contribution in [3.05, 3.63) is 46.3 Å². The first-order valence-corrected chi connectivity index (χ1v) is 6.62. The van der Waals surface area contributed by atoms with Crippen LogP contribution in [-0.2, 0) is 0 Å². The van der Waals surface area contributed by atoms with Gasteiger partial charge in [-0.2, -0.15) is 0 Å². The molecule has 5 nitrogen and oxygen atoms in total. The first-order valence-electron chi connectivity index (χ1n) is 5.80. The lowest BCUT2D eigenvalue weighted by Crippen LogP contribution is -2.10. The normalized spacial score (nSPS) is 10.1. The number of aryl methyl sites for hydroxylation is 1. The maximum atomic E-state index is 12.0. The Morgan fingerprint density at radius 2 is 1.90 bits per heavy atom. The van der Waals surface area contributed by atoms with Gasteiger partial charge >= 0.3 is 5.97 Å². The van der Waals surface area contributed by atoms with E-state index in [1.165, 1.54) is 0 Å². The van der Waals surface area contributed by atoms with Crippen molar-refractivity contribution in [2.75, 3.05) is 12.4 Å². The maximum Gasteiger partial charge on any atom is 0.346 e. The number of methoxy groups -OCH3 is 1. The second-order valence-corrected chi connectivity index (χ2v) is 5.16. The molecule has 2 rings (SSSR count). The number of carboxylic acids is 1. The second-order valence-electron chi connectivity index (χ2n) is 4.11. The summed E-state index contributed by atoms with van der Waals surface area (Å²) in [7, 11) is 1.55. The Labute approximate surface area is 119 Å². The van der Waals surface area contributed by atoms with Crippen LogP contribution in [0.3, 0.4) is 0 Å². The molecule has 0 spiro atoms. The van der Waals surface area contributed by atoms with Crippen LogP contribution in [0.25, 0.3) is 0 Å². The van der Waals surface area contributed by atoms with E-state index in [1.807, 2.05) is 0 Å². The summed E-state index contributed by atoms with van der Waals surface area (Å²) in [4.78, 5) is 23.2. The topological polar surface area (TPSA) is 75.6 Å². The van der Waals surface area contributed by atoms with Crippen LogP contribution < -0.4 is 10.1 Å². The van der Waals surface area contributed by atoms with Gasteiger partial charge in [0.15, 0.2) is 0 Å². The number of carbonyl (C=O) groups excluding carboxylic acids is 1. The third-order valence-corrected chi connectivity index (χ3v) is 3.84. The molecular weight excluding hydrogens is 278 g/mol. The van der Waals surface area contributed by atoms with Crippen LogP contribution in [0.4, 0.5) is 5.00 Å². The van der Waals surface area contributed by atoms with Gasteiger partial charge in [-0.15, -0.1) is 11.3 Å². The number of hydrogen-bond donors (Lipinski definition) is 2. The van der Waals surface area contributed by atoms with Crippen LogP contribution >= 0.6 is 11.3 Å². The molecule has 0 saturated carbocycles. The average Bonchev–Trinajstić information content (AvgIpc) is 2.79. The van der Waals surface area contributed by atoms with Crippen LogP contribution in [0.2, 0.25) is 0 Å². The molecule has 1 heterocycles. The minimum atomic E-state index is -0.988. The van der Waals surface area contributed by atoms with E-state index >= 15 is 0 Å². The number of carbonyl (C=O) groups is 2. The number of ether oxygens (including phenoxy) is 1. The van der Waals surface area contributed by atoms with Gasteiger partial charge < -0.3 is 15.2 Å². The molecule has 6 heteroatoms.